The van der Waals surface area contributed by atoms with Crippen LogP contribution < -0.4 is 0 Å². The first-order valence-electron chi connectivity index (χ1n) is 6.00. The highest BCUT2D eigenvalue weighted by Gasteiger charge is 2.54. The van der Waals surface area contributed by atoms with Crippen molar-refractivity contribution in [2.45, 2.75) is 38.3 Å². The van der Waals surface area contributed by atoms with E-state index in [-0.39, 0.29) is 6.42 Å². The zero-order valence-electron chi connectivity index (χ0n) is 9.52. The Morgan fingerprint density at radius 3 is 2.81 bits per heavy atom. The number of hydrogen-bond donors (Lipinski definition) is 2. The number of nitrogens with one attached hydrogen (secondary N) is 1. The standard InChI is InChI=1S/C12H19N3O/c13-5-1-10-9-12(10)3-7-15(8-4-12)11(16)2-6-14/h5,10-11,13,16H,1-4,7-9H2. The first kappa shape index (κ1) is 11.6. The Morgan fingerprint density at radius 1 is 1.56 bits per heavy atom. The molecule has 1 aliphatic carbocycles. The summed E-state index contributed by atoms with van der Waals surface area (Å²) in [4.78, 5) is 2.01. The van der Waals surface area contributed by atoms with E-state index in [1.54, 1.807) is 0 Å². The molecular weight excluding hydrogens is 202 g/mol. The SMILES string of the molecule is N#CCC(O)N1CCC2(CC1)CC2CC=N. The fourth-order valence-electron chi connectivity index (χ4n) is 3.00. The molecule has 1 spiro atoms. The molecule has 88 valence electrons. The van der Waals surface area contributed by atoms with Crippen LogP contribution in [0.1, 0.15) is 32.1 Å². The van der Waals surface area contributed by atoms with Crippen LogP contribution in [0.25, 0.3) is 0 Å². The van der Waals surface area contributed by atoms with Crippen molar-refractivity contribution >= 4 is 6.21 Å². The molecule has 0 aromatic rings. The van der Waals surface area contributed by atoms with Crippen molar-refractivity contribution in [2.24, 2.45) is 11.3 Å². The van der Waals surface area contributed by atoms with Crippen LogP contribution in [0.4, 0.5) is 0 Å². The molecule has 1 heterocycles. The van der Waals surface area contributed by atoms with Gasteiger partial charge in [0.2, 0.25) is 0 Å². The van der Waals surface area contributed by atoms with Gasteiger partial charge in [0.05, 0.1) is 12.5 Å². The maximum absolute atomic E-state index is 9.70. The number of nitrogens with zero attached hydrogens (tertiary/aromatic N) is 2. The van der Waals surface area contributed by atoms with Gasteiger partial charge in [0.15, 0.2) is 0 Å². The van der Waals surface area contributed by atoms with Gasteiger partial charge in [-0.1, -0.05) is 0 Å². The Balaban J connectivity index is 1.80. The monoisotopic (exact) mass is 221 g/mol. The summed E-state index contributed by atoms with van der Waals surface area (Å²) in [6.07, 6.45) is 5.56. The van der Waals surface area contributed by atoms with Gasteiger partial charge >= 0.3 is 0 Å². The minimum absolute atomic E-state index is 0.205. The van der Waals surface area contributed by atoms with E-state index in [9.17, 15) is 5.11 Å². The highest BCUT2D eigenvalue weighted by molar-refractivity contribution is 5.54. The number of likely N-dealkylation sites (tertiary alicyclic amines) is 1. The molecule has 2 N–H and O–H groups in total. The molecule has 0 radical (unpaired) electrons. The summed E-state index contributed by atoms with van der Waals surface area (Å²) in [6, 6.07) is 2.01. The minimum atomic E-state index is -0.581. The molecule has 1 saturated carbocycles. The lowest BCUT2D eigenvalue weighted by Crippen LogP contribution is -2.42. The summed E-state index contributed by atoms with van der Waals surface area (Å²) in [5.41, 5.74) is 0.473. The van der Waals surface area contributed by atoms with Crippen molar-refractivity contribution in [1.82, 2.24) is 4.90 Å². The third-order valence-corrected chi connectivity index (χ3v) is 4.25. The van der Waals surface area contributed by atoms with E-state index in [0.29, 0.717) is 11.3 Å². The second kappa shape index (κ2) is 4.52. The molecule has 2 aliphatic rings. The first-order chi connectivity index (χ1) is 7.72. The number of rotatable bonds is 4. The molecule has 4 heteroatoms. The molecule has 16 heavy (non-hydrogen) atoms. The Morgan fingerprint density at radius 2 is 2.25 bits per heavy atom. The summed E-state index contributed by atoms with van der Waals surface area (Å²) in [7, 11) is 0. The Labute approximate surface area is 96.4 Å². The van der Waals surface area contributed by atoms with E-state index < -0.39 is 6.23 Å². The molecule has 0 amide bonds. The molecular formula is C12H19N3O. The second-order valence-electron chi connectivity index (χ2n) is 5.08. The van der Waals surface area contributed by atoms with Crippen LogP contribution in [0.2, 0.25) is 0 Å². The zero-order chi connectivity index (χ0) is 11.6. The third kappa shape index (κ3) is 2.11. The Bertz CT molecular complexity index is 302. The lowest BCUT2D eigenvalue weighted by Gasteiger charge is -2.35. The predicted octanol–water partition coefficient (Wildman–Crippen LogP) is 1.36. The van der Waals surface area contributed by atoms with Crippen LogP contribution in [0.3, 0.4) is 0 Å². The van der Waals surface area contributed by atoms with Gasteiger partial charge in [0, 0.05) is 13.1 Å². The largest absolute Gasteiger partial charge is 0.377 e. The summed E-state index contributed by atoms with van der Waals surface area (Å²) in [5, 5.41) is 25.4. The van der Waals surface area contributed by atoms with E-state index in [2.05, 4.69) is 0 Å². The lowest BCUT2D eigenvalue weighted by atomic mass is 9.90. The van der Waals surface area contributed by atoms with Crippen LogP contribution in [0.15, 0.2) is 0 Å². The maximum Gasteiger partial charge on any atom is 0.120 e. The second-order valence-corrected chi connectivity index (χ2v) is 5.08. The molecule has 2 unspecified atom stereocenters. The third-order valence-electron chi connectivity index (χ3n) is 4.25. The van der Waals surface area contributed by atoms with Crippen molar-refractivity contribution in [2.75, 3.05) is 13.1 Å². The lowest BCUT2D eigenvalue weighted by molar-refractivity contribution is -0.0178. The molecule has 2 fully saturated rings. The van der Waals surface area contributed by atoms with Gasteiger partial charge in [0.1, 0.15) is 6.23 Å². The number of hydrogen-bond acceptors (Lipinski definition) is 4. The molecule has 4 nitrogen and oxygen atoms in total. The van der Waals surface area contributed by atoms with Gasteiger partial charge in [-0.15, -0.1) is 0 Å². The summed E-state index contributed by atoms with van der Waals surface area (Å²) in [5.74, 6) is 0.709. The van der Waals surface area contributed by atoms with Gasteiger partial charge in [-0.2, -0.15) is 5.26 Å². The smallest absolute Gasteiger partial charge is 0.120 e. The van der Waals surface area contributed by atoms with Crippen molar-refractivity contribution < 1.29 is 5.11 Å². The van der Waals surface area contributed by atoms with Crippen molar-refractivity contribution in [1.29, 1.82) is 10.7 Å². The molecule has 0 bridgehead atoms. The van der Waals surface area contributed by atoms with Crippen molar-refractivity contribution in [3.05, 3.63) is 0 Å². The van der Waals surface area contributed by atoms with Gasteiger partial charge in [-0.3, -0.25) is 4.90 Å². The fourth-order valence-corrected chi connectivity index (χ4v) is 3.00. The van der Waals surface area contributed by atoms with E-state index in [0.717, 1.165) is 32.4 Å². The molecule has 2 atom stereocenters. The van der Waals surface area contributed by atoms with Crippen LogP contribution >= 0.6 is 0 Å². The van der Waals surface area contributed by atoms with Gasteiger partial charge in [-0.05, 0) is 43.2 Å². The average Bonchev–Trinajstić information content (AvgIpc) is 2.93. The highest BCUT2D eigenvalue weighted by Crippen LogP contribution is 2.60. The number of piperidine rings is 1. The van der Waals surface area contributed by atoms with Crippen LogP contribution in [-0.4, -0.2) is 35.5 Å². The molecule has 0 aromatic heterocycles. The molecule has 1 aliphatic heterocycles. The highest BCUT2D eigenvalue weighted by atomic mass is 16.3. The number of aliphatic hydroxyl groups is 1. The predicted molar refractivity (Wildman–Crippen MR) is 61.0 cm³/mol. The van der Waals surface area contributed by atoms with Crippen molar-refractivity contribution in [3.63, 3.8) is 0 Å². The summed E-state index contributed by atoms with van der Waals surface area (Å²) >= 11 is 0. The van der Waals surface area contributed by atoms with Gasteiger partial charge < -0.3 is 10.5 Å². The summed E-state index contributed by atoms with van der Waals surface area (Å²) in [6.45, 7) is 1.80. The van der Waals surface area contributed by atoms with Gasteiger partial charge in [-0.25, -0.2) is 0 Å². The zero-order valence-corrected chi connectivity index (χ0v) is 9.52. The normalized spacial score (nSPS) is 29.6. The Hall–Kier alpha value is -0.920. The quantitative estimate of drug-likeness (QED) is 0.704. The van der Waals surface area contributed by atoms with E-state index in [1.807, 2.05) is 11.0 Å². The van der Waals surface area contributed by atoms with Crippen molar-refractivity contribution in [3.8, 4) is 6.07 Å². The van der Waals surface area contributed by atoms with Gasteiger partial charge in [0.25, 0.3) is 0 Å². The van der Waals surface area contributed by atoms with E-state index >= 15 is 0 Å². The fraction of sp³-hybridized carbons (Fsp3) is 0.833. The average molecular weight is 221 g/mol. The maximum atomic E-state index is 9.70. The molecule has 2 rings (SSSR count). The van der Waals surface area contributed by atoms with E-state index in [1.165, 1.54) is 12.6 Å². The number of aliphatic hydroxyl groups excluding tert-OH is 1. The van der Waals surface area contributed by atoms with Crippen LogP contribution in [0, 0.1) is 28.1 Å². The topological polar surface area (TPSA) is 71.1 Å². The van der Waals surface area contributed by atoms with E-state index in [4.69, 9.17) is 10.7 Å². The van der Waals surface area contributed by atoms with Crippen LogP contribution in [0.5, 0.6) is 0 Å². The first-order valence-corrected chi connectivity index (χ1v) is 6.00. The summed E-state index contributed by atoms with van der Waals surface area (Å²) < 4.78 is 0. The Kier molecular flexibility index (Phi) is 3.27. The number of nitriles is 1. The minimum Gasteiger partial charge on any atom is -0.377 e. The molecule has 0 aromatic carbocycles. The van der Waals surface area contributed by atoms with Crippen LogP contribution in [-0.2, 0) is 0 Å². The molecule has 1 saturated heterocycles.